The summed E-state index contributed by atoms with van der Waals surface area (Å²) in [5, 5.41) is 3.02. The second-order valence-corrected chi connectivity index (χ2v) is 8.23. The zero-order valence-electron chi connectivity index (χ0n) is 15.0. The first-order valence-corrected chi connectivity index (χ1v) is 10.2. The molecule has 1 amide bonds. The largest absolute Gasteiger partial charge is 0.469 e. The van der Waals surface area contributed by atoms with E-state index in [0.29, 0.717) is 19.5 Å². The fourth-order valence-corrected chi connectivity index (χ4v) is 4.32. The fourth-order valence-electron chi connectivity index (χ4n) is 2.63. The molecule has 1 heterocycles. The van der Waals surface area contributed by atoms with Gasteiger partial charge in [-0.1, -0.05) is 25.4 Å². The Hall–Kier alpha value is -1.83. The molecular weight excluding hydrogens is 376 g/mol. The summed E-state index contributed by atoms with van der Waals surface area (Å²) in [4.78, 5) is 12.6. The minimum absolute atomic E-state index is 0.0504. The molecule has 1 N–H and O–H groups in total. The zero-order chi connectivity index (χ0) is 19.3. The molecule has 0 aliphatic carbocycles. The van der Waals surface area contributed by atoms with E-state index in [9.17, 15) is 13.2 Å². The van der Waals surface area contributed by atoms with Crippen molar-refractivity contribution in [2.75, 3.05) is 13.1 Å². The lowest BCUT2D eigenvalue weighted by molar-refractivity contribution is 0.0939. The van der Waals surface area contributed by atoms with Crippen LogP contribution in [0.5, 0.6) is 0 Å². The summed E-state index contributed by atoms with van der Waals surface area (Å²) >= 11 is 6.13. The summed E-state index contributed by atoms with van der Waals surface area (Å²) in [5.41, 5.74) is 0.131. The van der Waals surface area contributed by atoms with Gasteiger partial charge in [-0.05, 0) is 37.3 Å². The van der Waals surface area contributed by atoms with E-state index in [-0.39, 0.29) is 21.5 Å². The van der Waals surface area contributed by atoms with Crippen LogP contribution in [0.4, 0.5) is 0 Å². The maximum Gasteiger partial charge on any atom is 0.253 e. The molecule has 8 heteroatoms. The Labute approximate surface area is 159 Å². The molecule has 0 aliphatic heterocycles. The van der Waals surface area contributed by atoms with E-state index in [4.69, 9.17) is 16.0 Å². The van der Waals surface area contributed by atoms with E-state index in [0.717, 1.165) is 5.76 Å². The van der Waals surface area contributed by atoms with Gasteiger partial charge in [-0.15, -0.1) is 0 Å². The summed E-state index contributed by atoms with van der Waals surface area (Å²) in [6.45, 7) is 6.07. The van der Waals surface area contributed by atoms with E-state index in [2.05, 4.69) is 5.32 Å². The van der Waals surface area contributed by atoms with Crippen molar-refractivity contribution < 1.29 is 17.6 Å². The number of benzene rings is 1. The molecule has 0 spiro atoms. The van der Waals surface area contributed by atoms with Crippen molar-refractivity contribution in [2.24, 2.45) is 0 Å². The molecule has 1 unspecified atom stereocenters. The SMILES string of the molecule is CCN(CC)S(=O)(=O)c1ccc(Cl)c(C(=O)NC(C)Cc2ccco2)c1. The minimum atomic E-state index is -3.66. The Morgan fingerprint density at radius 1 is 1.27 bits per heavy atom. The first-order valence-electron chi connectivity index (χ1n) is 8.42. The van der Waals surface area contributed by atoms with Crippen molar-refractivity contribution in [1.29, 1.82) is 0 Å². The van der Waals surface area contributed by atoms with Gasteiger partial charge in [-0.2, -0.15) is 4.31 Å². The molecule has 0 radical (unpaired) electrons. The van der Waals surface area contributed by atoms with Gasteiger partial charge in [-0.3, -0.25) is 4.79 Å². The second-order valence-electron chi connectivity index (χ2n) is 5.89. The van der Waals surface area contributed by atoms with E-state index >= 15 is 0 Å². The molecule has 0 saturated carbocycles. The van der Waals surface area contributed by atoms with Crippen LogP contribution in [0.2, 0.25) is 5.02 Å². The lowest BCUT2D eigenvalue weighted by Crippen LogP contribution is -2.34. The van der Waals surface area contributed by atoms with Crippen molar-refractivity contribution in [2.45, 2.75) is 38.1 Å². The third-order valence-corrected chi connectivity index (χ3v) is 6.37. The Bertz CT molecular complexity index is 846. The first-order chi connectivity index (χ1) is 12.3. The van der Waals surface area contributed by atoms with Crippen LogP contribution in [-0.4, -0.2) is 37.8 Å². The number of halogens is 1. The molecule has 142 valence electrons. The Morgan fingerprint density at radius 3 is 2.54 bits per heavy atom. The molecule has 6 nitrogen and oxygen atoms in total. The number of hydrogen-bond donors (Lipinski definition) is 1. The van der Waals surface area contributed by atoms with E-state index in [1.807, 2.05) is 13.0 Å². The average molecular weight is 399 g/mol. The van der Waals surface area contributed by atoms with E-state index in [1.165, 1.54) is 22.5 Å². The highest BCUT2D eigenvalue weighted by atomic mass is 35.5. The summed E-state index contributed by atoms with van der Waals surface area (Å²) in [6.07, 6.45) is 2.09. The topological polar surface area (TPSA) is 79.6 Å². The number of nitrogens with zero attached hydrogens (tertiary/aromatic N) is 1. The predicted molar refractivity (Wildman–Crippen MR) is 101 cm³/mol. The maximum absolute atomic E-state index is 12.7. The third-order valence-electron chi connectivity index (χ3n) is 3.99. The van der Waals surface area contributed by atoms with Crippen molar-refractivity contribution in [3.63, 3.8) is 0 Å². The van der Waals surface area contributed by atoms with Crippen LogP contribution in [0.3, 0.4) is 0 Å². The van der Waals surface area contributed by atoms with Crippen molar-refractivity contribution in [3.05, 3.63) is 52.9 Å². The lowest BCUT2D eigenvalue weighted by atomic mass is 10.1. The molecule has 0 fully saturated rings. The molecule has 1 aromatic heterocycles. The number of carbonyl (C=O) groups excluding carboxylic acids is 1. The van der Waals surface area contributed by atoms with Crippen LogP contribution in [0.15, 0.2) is 45.9 Å². The van der Waals surface area contributed by atoms with Gasteiger partial charge in [-0.25, -0.2) is 8.42 Å². The van der Waals surface area contributed by atoms with Crippen molar-refractivity contribution in [3.8, 4) is 0 Å². The van der Waals surface area contributed by atoms with Crippen molar-refractivity contribution in [1.82, 2.24) is 9.62 Å². The molecule has 1 aromatic carbocycles. The van der Waals surface area contributed by atoms with Gasteiger partial charge in [0.2, 0.25) is 10.0 Å². The highest BCUT2D eigenvalue weighted by Crippen LogP contribution is 2.23. The first kappa shape index (κ1) is 20.5. The second kappa shape index (κ2) is 8.70. The van der Waals surface area contributed by atoms with Gasteiger partial charge < -0.3 is 9.73 Å². The van der Waals surface area contributed by atoms with Gasteiger partial charge in [0.05, 0.1) is 21.7 Å². The molecule has 1 atom stereocenters. The average Bonchev–Trinajstić information content (AvgIpc) is 3.08. The molecule has 0 bridgehead atoms. The zero-order valence-corrected chi connectivity index (χ0v) is 16.6. The summed E-state index contributed by atoms with van der Waals surface area (Å²) in [5.74, 6) is 0.326. The lowest BCUT2D eigenvalue weighted by Gasteiger charge is -2.19. The Kier molecular flexibility index (Phi) is 6.86. The molecule has 26 heavy (non-hydrogen) atoms. The van der Waals surface area contributed by atoms with E-state index < -0.39 is 15.9 Å². The smallest absolute Gasteiger partial charge is 0.253 e. The number of amides is 1. The molecule has 0 saturated heterocycles. The fraction of sp³-hybridized carbons (Fsp3) is 0.389. The maximum atomic E-state index is 12.7. The van der Waals surface area contributed by atoms with Crippen LogP contribution >= 0.6 is 11.6 Å². The summed E-state index contributed by atoms with van der Waals surface area (Å²) in [7, 11) is -3.66. The molecular formula is C18H23ClN2O4S. The van der Waals surface area contributed by atoms with Crippen LogP contribution < -0.4 is 5.32 Å². The van der Waals surface area contributed by atoms with Crippen LogP contribution in [0, 0.1) is 0 Å². The summed E-state index contributed by atoms with van der Waals surface area (Å²) in [6, 6.07) is 7.58. The number of furan rings is 1. The molecule has 0 aliphatic rings. The van der Waals surface area contributed by atoms with Crippen LogP contribution in [0.1, 0.15) is 36.9 Å². The number of sulfonamides is 1. The standard InChI is InChI=1S/C18H23ClN2O4S/c1-4-21(5-2)26(23,24)15-8-9-17(19)16(12-15)18(22)20-13(3)11-14-7-6-10-25-14/h6-10,12-13H,4-5,11H2,1-3H3,(H,20,22). The van der Waals surface area contributed by atoms with Gasteiger partial charge in [0.1, 0.15) is 5.76 Å². The van der Waals surface area contributed by atoms with Crippen LogP contribution in [0.25, 0.3) is 0 Å². The quantitative estimate of drug-likeness (QED) is 0.739. The Balaban J connectivity index is 2.22. The minimum Gasteiger partial charge on any atom is -0.469 e. The third kappa shape index (κ3) is 4.66. The van der Waals surface area contributed by atoms with Gasteiger partial charge in [0.25, 0.3) is 5.91 Å². The number of hydrogen-bond acceptors (Lipinski definition) is 4. The Morgan fingerprint density at radius 2 is 1.96 bits per heavy atom. The van der Waals surface area contributed by atoms with Gasteiger partial charge >= 0.3 is 0 Å². The van der Waals surface area contributed by atoms with E-state index in [1.54, 1.807) is 26.2 Å². The summed E-state index contributed by atoms with van der Waals surface area (Å²) < 4.78 is 31.9. The number of carbonyl (C=O) groups is 1. The number of nitrogens with one attached hydrogen (secondary N) is 1. The normalized spacial score (nSPS) is 13.0. The van der Waals surface area contributed by atoms with Crippen molar-refractivity contribution >= 4 is 27.5 Å². The van der Waals surface area contributed by atoms with Crippen LogP contribution in [-0.2, 0) is 16.4 Å². The number of rotatable bonds is 8. The highest BCUT2D eigenvalue weighted by molar-refractivity contribution is 7.89. The monoisotopic (exact) mass is 398 g/mol. The highest BCUT2D eigenvalue weighted by Gasteiger charge is 2.24. The predicted octanol–water partition coefficient (Wildman–Crippen LogP) is 3.32. The van der Waals surface area contributed by atoms with Gasteiger partial charge in [0, 0.05) is 25.6 Å². The molecule has 2 aromatic rings. The van der Waals surface area contributed by atoms with Gasteiger partial charge in [0.15, 0.2) is 0 Å². The molecule has 2 rings (SSSR count).